The zero-order valence-corrected chi connectivity index (χ0v) is 13.0. The molecule has 1 atom stereocenters. The second-order valence-corrected chi connectivity index (χ2v) is 5.86. The van der Waals surface area contributed by atoms with E-state index in [9.17, 15) is 14.4 Å². The van der Waals surface area contributed by atoms with E-state index in [0.29, 0.717) is 17.4 Å². The molecule has 0 spiro atoms. The lowest BCUT2D eigenvalue weighted by Gasteiger charge is -2.15. The highest BCUT2D eigenvalue weighted by Gasteiger charge is 2.21. The summed E-state index contributed by atoms with van der Waals surface area (Å²) in [5.74, 6) is -2.09. The van der Waals surface area contributed by atoms with Gasteiger partial charge in [-0.1, -0.05) is 32.0 Å². The Morgan fingerprint density at radius 3 is 2.61 bits per heavy atom. The van der Waals surface area contributed by atoms with Crippen molar-refractivity contribution in [1.82, 2.24) is 5.32 Å². The summed E-state index contributed by atoms with van der Waals surface area (Å²) < 4.78 is 5.10. The Bertz CT molecular complexity index is 778. The first-order valence-electron chi connectivity index (χ1n) is 7.42. The van der Waals surface area contributed by atoms with Crippen LogP contribution in [0.4, 0.5) is 0 Å². The van der Waals surface area contributed by atoms with E-state index in [0.717, 1.165) is 0 Å². The van der Waals surface area contributed by atoms with Gasteiger partial charge in [0.1, 0.15) is 11.1 Å². The van der Waals surface area contributed by atoms with Gasteiger partial charge >= 0.3 is 11.6 Å². The topological polar surface area (TPSA) is 96.6 Å². The molecular weight excluding hydrogens is 298 g/mol. The third-order valence-corrected chi connectivity index (χ3v) is 3.50. The number of aliphatic carboxylic acids is 1. The van der Waals surface area contributed by atoms with Crippen LogP contribution in [-0.2, 0) is 4.79 Å². The smallest absolute Gasteiger partial charge is 0.349 e. The Morgan fingerprint density at radius 1 is 1.26 bits per heavy atom. The predicted molar refractivity (Wildman–Crippen MR) is 85.4 cm³/mol. The van der Waals surface area contributed by atoms with E-state index in [1.807, 2.05) is 13.8 Å². The van der Waals surface area contributed by atoms with Crippen molar-refractivity contribution in [3.63, 3.8) is 0 Å². The Kier molecular flexibility index (Phi) is 5.16. The fourth-order valence-electron chi connectivity index (χ4n) is 2.37. The molecule has 6 heteroatoms. The van der Waals surface area contributed by atoms with Gasteiger partial charge in [0.15, 0.2) is 0 Å². The minimum atomic E-state index is -0.968. The number of carbonyl (C=O) groups excluding carboxylic acids is 1. The summed E-state index contributed by atoms with van der Waals surface area (Å²) in [5.41, 5.74) is -0.466. The van der Waals surface area contributed by atoms with Crippen LogP contribution in [0, 0.1) is 11.8 Å². The van der Waals surface area contributed by atoms with E-state index in [1.54, 1.807) is 24.3 Å². The minimum absolute atomic E-state index is 0.0292. The first-order chi connectivity index (χ1) is 10.9. The van der Waals surface area contributed by atoms with E-state index in [1.165, 1.54) is 6.07 Å². The van der Waals surface area contributed by atoms with Gasteiger partial charge in [-0.15, -0.1) is 0 Å². The van der Waals surface area contributed by atoms with Crippen LogP contribution in [0.5, 0.6) is 0 Å². The van der Waals surface area contributed by atoms with Crippen molar-refractivity contribution in [2.75, 3.05) is 6.54 Å². The molecule has 2 rings (SSSR count). The molecular formula is C17H19NO5. The number of carboxylic acid groups (broad SMARTS) is 1. The van der Waals surface area contributed by atoms with Crippen molar-refractivity contribution < 1.29 is 19.1 Å². The summed E-state index contributed by atoms with van der Waals surface area (Å²) in [6.45, 7) is 3.80. The molecule has 2 N–H and O–H groups in total. The molecule has 122 valence electrons. The molecule has 0 saturated heterocycles. The highest BCUT2D eigenvalue weighted by Crippen LogP contribution is 2.13. The van der Waals surface area contributed by atoms with Crippen LogP contribution in [0.3, 0.4) is 0 Å². The molecule has 23 heavy (non-hydrogen) atoms. The van der Waals surface area contributed by atoms with Gasteiger partial charge in [0, 0.05) is 11.9 Å². The second kappa shape index (κ2) is 7.09. The van der Waals surface area contributed by atoms with E-state index in [2.05, 4.69) is 5.32 Å². The number of carboxylic acids is 1. The van der Waals surface area contributed by atoms with Gasteiger partial charge in [-0.25, -0.2) is 4.79 Å². The molecule has 6 nitrogen and oxygen atoms in total. The molecule has 1 unspecified atom stereocenters. The lowest BCUT2D eigenvalue weighted by molar-refractivity contribution is -0.142. The number of fused-ring (bicyclic) bond motifs is 1. The number of para-hydroxylation sites is 1. The number of nitrogens with one attached hydrogen (secondary N) is 1. The van der Waals surface area contributed by atoms with E-state index in [-0.39, 0.29) is 18.0 Å². The van der Waals surface area contributed by atoms with Crippen LogP contribution in [0.15, 0.2) is 39.5 Å². The van der Waals surface area contributed by atoms with Crippen LogP contribution in [0.2, 0.25) is 0 Å². The number of amides is 1. The van der Waals surface area contributed by atoms with Crippen molar-refractivity contribution in [3.05, 3.63) is 46.3 Å². The van der Waals surface area contributed by atoms with Gasteiger partial charge < -0.3 is 14.8 Å². The van der Waals surface area contributed by atoms with Crippen LogP contribution in [-0.4, -0.2) is 23.5 Å². The molecule has 0 fully saturated rings. The number of carbonyl (C=O) groups is 2. The third kappa shape index (κ3) is 4.18. The summed E-state index contributed by atoms with van der Waals surface area (Å²) in [4.78, 5) is 35.2. The monoisotopic (exact) mass is 317 g/mol. The molecule has 0 aliphatic rings. The van der Waals surface area contributed by atoms with Gasteiger partial charge in [-0.2, -0.15) is 0 Å². The SMILES string of the molecule is CC(C)CC(CNC(=O)c1cc2ccccc2oc1=O)C(=O)O. The zero-order chi connectivity index (χ0) is 17.0. The fraction of sp³-hybridized carbons (Fsp3) is 0.353. The zero-order valence-electron chi connectivity index (χ0n) is 13.0. The van der Waals surface area contributed by atoms with Crippen molar-refractivity contribution >= 4 is 22.8 Å². The van der Waals surface area contributed by atoms with Crippen molar-refractivity contribution in [1.29, 1.82) is 0 Å². The first-order valence-corrected chi connectivity index (χ1v) is 7.42. The van der Waals surface area contributed by atoms with E-state index in [4.69, 9.17) is 9.52 Å². The molecule has 1 heterocycles. The maximum atomic E-state index is 12.2. The molecule has 1 amide bonds. The Balaban J connectivity index is 2.15. The van der Waals surface area contributed by atoms with Gasteiger partial charge in [0.25, 0.3) is 5.91 Å². The predicted octanol–water partition coefficient (Wildman–Crippen LogP) is 2.27. The highest BCUT2D eigenvalue weighted by molar-refractivity contribution is 5.96. The molecule has 0 bridgehead atoms. The molecule has 2 aromatic rings. The fourth-order valence-corrected chi connectivity index (χ4v) is 2.37. The summed E-state index contributed by atoms with van der Waals surface area (Å²) in [7, 11) is 0. The van der Waals surface area contributed by atoms with Crippen LogP contribution in [0.25, 0.3) is 11.0 Å². The van der Waals surface area contributed by atoms with Gasteiger partial charge in [-0.05, 0) is 24.5 Å². The summed E-state index contributed by atoms with van der Waals surface area (Å²) in [5, 5.41) is 12.3. The molecule has 0 aliphatic heterocycles. The number of benzene rings is 1. The van der Waals surface area contributed by atoms with Crippen LogP contribution < -0.4 is 10.9 Å². The second-order valence-electron chi connectivity index (χ2n) is 5.86. The van der Waals surface area contributed by atoms with E-state index < -0.39 is 23.4 Å². The Labute approximate surface area is 133 Å². The maximum absolute atomic E-state index is 12.2. The van der Waals surface area contributed by atoms with Gasteiger partial charge in [-0.3, -0.25) is 9.59 Å². The molecule has 0 saturated carbocycles. The third-order valence-electron chi connectivity index (χ3n) is 3.50. The molecule has 1 aromatic heterocycles. The summed E-state index contributed by atoms with van der Waals surface area (Å²) in [6.07, 6.45) is 0.446. The van der Waals surface area contributed by atoms with Gasteiger partial charge in [0.05, 0.1) is 5.92 Å². The maximum Gasteiger partial charge on any atom is 0.349 e. The van der Waals surface area contributed by atoms with E-state index >= 15 is 0 Å². The number of hydrogen-bond donors (Lipinski definition) is 2. The average Bonchev–Trinajstić information content (AvgIpc) is 2.49. The Hall–Kier alpha value is -2.63. The minimum Gasteiger partial charge on any atom is -0.481 e. The molecule has 0 aliphatic carbocycles. The molecule has 0 radical (unpaired) electrons. The highest BCUT2D eigenvalue weighted by atomic mass is 16.4. The summed E-state index contributed by atoms with van der Waals surface area (Å²) in [6, 6.07) is 8.33. The largest absolute Gasteiger partial charge is 0.481 e. The average molecular weight is 317 g/mol. The first kappa shape index (κ1) is 16.7. The number of rotatable bonds is 6. The van der Waals surface area contributed by atoms with Gasteiger partial charge in [0.2, 0.25) is 0 Å². The standard InChI is InChI=1S/C17H19NO5/c1-10(2)7-12(16(20)21)9-18-15(19)13-8-11-5-3-4-6-14(11)23-17(13)22/h3-6,8,10,12H,7,9H2,1-2H3,(H,18,19)(H,20,21). The quantitative estimate of drug-likeness (QED) is 0.797. The summed E-state index contributed by atoms with van der Waals surface area (Å²) >= 11 is 0. The number of hydrogen-bond acceptors (Lipinski definition) is 4. The van der Waals surface area contributed by atoms with Crippen molar-refractivity contribution in [3.8, 4) is 0 Å². The lowest BCUT2D eigenvalue weighted by Crippen LogP contribution is -2.35. The Morgan fingerprint density at radius 2 is 1.96 bits per heavy atom. The van der Waals surface area contributed by atoms with Crippen LogP contribution >= 0.6 is 0 Å². The molecule has 1 aromatic carbocycles. The van der Waals surface area contributed by atoms with Crippen molar-refractivity contribution in [2.24, 2.45) is 11.8 Å². The lowest BCUT2D eigenvalue weighted by atomic mass is 9.97. The normalized spacial score (nSPS) is 12.3. The van der Waals surface area contributed by atoms with Crippen molar-refractivity contribution in [2.45, 2.75) is 20.3 Å². The van der Waals surface area contributed by atoms with Crippen LogP contribution in [0.1, 0.15) is 30.6 Å².